The summed E-state index contributed by atoms with van der Waals surface area (Å²) in [7, 11) is 0. The molecule has 1 fully saturated rings. The molecule has 0 aromatic rings. The Kier molecular flexibility index (Phi) is 2.34. The van der Waals surface area contributed by atoms with Gasteiger partial charge in [0.25, 0.3) is 0 Å². The van der Waals surface area contributed by atoms with Gasteiger partial charge in [-0.05, 0) is 26.7 Å². The van der Waals surface area contributed by atoms with Crippen molar-refractivity contribution in [1.29, 1.82) is 0 Å². The first kappa shape index (κ1) is 8.33. The number of Topliss-reactive ketones (excluding diaryl/α,β-unsaturated/α-hetero) is 1. The maximum atomic E-state index is 10.9. The SMILES string of the molecule is CC#CC1(C)CCC(=O)CC1. The Bertz CT molecular complexity index is 207. The van der Waals surface area contributed by atoms with Gasteiger partial charge < -0.3 is 0 Å². The Labute approximate surface area is 68.2 Å². The Morgan fingerprint density at radius 3 is 2.36 bits per heavy atom. The third-order valence-corrected chi connectivity index (χ3v) is 2.34. The van der Waals surface area contributed by atoms with Crippen molar-refractivity contribution in [3.05, 3.63) is 0 Å². The van der Waals surface area contributed by atoms with Crippen molar-refractivity contribution in [1.82, 2.24) is 0 Å². The summed E-state index contributed by atoms with van der Waals surface area (Å²) in [5.41, 5.74) is 0.128. The molecule has 0 saturated heterocycles. The van der Waals surface area contributed by atoms with Crippen LogP contribution in [0.3, 0.4) is 0 Å². The molecule has 1 heteroatoms. The van der Waals surface area contributed by atoms with Gasteiger partial charge in [0.05, 0.1) is 0 Å². The van der Waals surface area contributed by atoms with E-state index in [0.717, 1.165) is 25.7 Å². The van der Waals surface area contributed by atoms with Gasteiger partial charge in [0.2, 0.25) is 0 Å². The number of hydrogen-bond acceptors (Lipinski definition) is 1. The quantitative estimate of drug-likeness (QED) is 0.483. The average Bonchev–Trinajstić information content (AvgIpc) is 1.97. The van der Waals surface area contributed by atoms with Gasteiger partial charge in [0.15, 0.2) is 0 Å². The fourth-order valence-electron chi connectivity index (χ4n) is 1.51. The van der Waals surface area contributed by atoms with Gasteiger partial charge in [-0.25, -0.2) is 0 Å². The van der Waals surface area contributed by atoms with Crippen molar-refractivity contribution in [2.75, 3.05) is 0 Å². The summed E-state index contributed by atoms with van der Waals surface area (Å²) >= 11 is 0. The van der Waals surface area contributed by atoms with E-state index in [2.05, 4.69) is 18.8 Å². The van der Waals surface area contributed by atoms with Crippen molar-refractivity contribution in [3.63, 3.8) is 0 Å². The van der Waals surface area contributed by atoms with Gasteiger partial charge >= 0.3 is 0 Å². The van der Waals surface area contributed by atoms with E-state index in [1.807, 2.05) is 6.92 Å². The smallest absolute Gasteiger partial charge is 0.133 e. The van der Waals surface area contributed by atoms with Gasteiger partial charge in [0, 0.05) is 18.3 Å². The van der Waals surface area contributed by atoms with E-state index in [9.17, 15) is 4.79 Å². The van der Waals surface area contributed by atoms with Crippen LogP contribution in [-0.4, -0.2) is 5.78 Å². The van der Waals surface area contributed by atoms with Crippen LogP contribution in [-0.2, 0) is 4.79 Å². The number of carbonyl (C=O) groups is 1. The predicted molar refractivity (Wildman–Crippen MR) is 45.0 cm³/mol. The Balaban J connectivity index is 2.59. The molecule has 0 aromatic heterocycles. The lowest BCUT2D eigenvalue weighted by Gasteiger charge is -2.27. The summed E-state index contributed by atoms with van der Waals surface area (Å²) in [5.74, 6) is 6.51. The molecule has 0 unspecified atom stereocenters. The third kappa shape index (κ3) is 2.08. The lowest BCUT2D eigenvalue weighted by molar-refractivity contribution is -0.121. The molecule has 60 valence electrons. The lowest BCUT2D eigenvalue weighted by atomic mass is 9.76. The average molecular weight is 150 g/mol. The maximum absolute atomic E-state index is 10.9. The zero-order chi connectivity index (χ0) is 8.32. The topological polar surface area (TPSA) is 17.1 Å². The highest BCUT2D eigenvalue weighted by molar-refractivity contribution is 5.79. The molecule has 11 heavy (non-hydrogen) atoms. The Morgan fingerprint density at radius 2 is 1.91 bits per heavy atom. The van der Waals surface area contributed by atoms with Gasteiger partial charge in [-0.1, -0.05) is 5.92 Å². The van der Waals surface area contributed by atoms with Gasteiger partial charge in [-0.3, -0.25) is 4.79 Å². The van der Waals surface area contributed by atoms with Gasteiger partial charge in [-0.2, -0.15) is 0 Å². The van der Waals surface area contributed by atoms with Crippen molar-refractivity contribution in [2.45, 2.75) is 39.5 Å². The summed E-state index contributed by atoms with van der Waals surface area (Å²) < 4.78 is 0. The third-order valence-electron chi connectivity index (χ3n) is 2.34. The number of carbonyl (C=O) groups excluding carboxylic acids is 1. The highest BCUT2D eigenvalue weighted by Gasteiger charge is 2.27. The largest absolute Gasteiger partial charge is 0.300 e. The van der Waals surface area contributed by atoms with Crippen LogP contribution >= 0.6 is 0 Å². The van der Waals surface area contributed by atoms with Crippen LogP contribution in [0.15, 0.2) is 0 Å². The first-order chi connectivity index (χ1) is 5.16. The summed E-state index contributed by atoms with van der Waals surface area (Å²) in [6, 6.07) is 0. The lowest BCUT2D eigenvalue weighted by Crippen LogP contribution is -2.22. The van der Waals surface area contributed by atoms with Crippen molar-refractivity contribution in [2.24, 2.45) is 5.41 Å². The summed E-state index contributed by atoms with van der Waals surface area (Å²) in [6.45, 7) is 4.01. The zero-order valence-corrected chi connectivity index (χ0v) is 7.24. The highest BCUT2D eigenvalue weighted by atomic mass is 16.1. The molecule has 1 aliphatic carbocycles. The van der Waals surface area contributed by atoms with E-state index in [4.69, 9.17) is 0 Å². The van der Waals surface area contributed by atoms with Crippen LogP contribution in [0, 0.1) is 17.3 Å². The maximum Gasteiger partial charge on any atom is 0.133 e. The second-order valence-electron chi connectivity index (χ2n) is 3.47. The van der Waals surface area contributed by atoms with Crippen LogP contribution in [0.5, 0.6) is 0 Å². The Hall–Kier alpha value is -0.770. The Morgan fingerprint density at radius 1 is 1.36 bits per heavy atom. The minimum atomic E-state index is 0.128. The molecule has 0 aliphatic heterocycles. The molecule has 1 aliphatic rings. The molecule has 0 heterocycles. The van der Waals surface area contributed by atoms with Crippen LogP contribution in [0.25, 0.3) is 0 Å². The summed E-state index contributed by atoms with van der Waals surface area (Å²) in [4.78, 5) is 10.9. The first-order valence-corrected chi connectivity index (χ1v) is 4.12. The van der Waals surface area contributed by atoms with Crippen LogP contribution < -0.4 is 0 Å². The minimum absolute atomic E-state index is 0.128. The second-order valence-corrected chi connectivity index (χ2v) is 3.47. The van der Waals surface area contributed by atoms with Gasteiger partial charge in [0.1, 0.15) is 5.78 Å². The van der Waals surface area contributed by atoms with Crippen LogP contribution in [0.2, 0.25) is 0 Å². The molecule has 1 saturated carbocycles. The molecule has 1 rings (SSSR count). The van der Waals surface area contributed by atoms with Gasteiger partial charge in [-0.15, -0.1) is 5.92 Å². The van der Waals surface area contributed by atoms with E-state index in [1.165, 1.54) is 0 Å². The van der Waals surface area contributed by atoms with Crippen molar-refractivity contribution >= 4 is 5.78 Å². The van der Waals surface area contributed by atoms with Crippen molar-refractivity contribution < 1.29 is 4.79 Å². The summed E-state index contributed by atoms with van der Waals surface area (Å²) in [6.07, 6.45) is 3.36. The van der Waals surface area contributed by atoms with E-state index in [1.54, 1.807) is 0 Å². The molecule has 0 N–H and O–H groups in total. The highest BCUT2D eigenvalue weighted by Crippen LogP contribution is 2.33. The molecule has 0 spiro atoms. The van der Waals surface area contributed by atoms with E-state index in [-0.39, 0.29) is 5.41 Å². The van der Waals surface area contributed by atoms with Crippen LogP contribution in [0.4, 0.5) is 0 Å². The molecule has 0 atom stereocenters. The molecule has 0 aromatic carbocycles. The molecular formula is C10H14O. The number of ketones is 1. The monoisotopic (exact) mass is 150 g/mol. The molecule has 1 nitrogen and oxygen atoms in total. The molecule has 0 radical (unpaired) electrons. The predicted octanol–water partition coefficient (Wildman–Crippen LogP) is 2.16. The molecule has 0 bridgehead atoms. The fraction of sp³-hybridized carbons (Fsp3) is 0.700. The molecule has 0 amide bonds. The number of rotatable bonds is 0. The fourth-order valence-corrected chi connectivity index (χ4v) is 1.51. The standard InChI is InChI=1S/C10H14O/c1-3-6-10(2)7-4-9(11)5-8-10/h4-5,7-8H2,1-2H3. The minimum Gasteiger partial charge on any atom is -0.300 e. The van der Waals surface area contributed by atoms with Crippen LogP contribution in [0.1, 0.15) is 39.5 Å². The van der Waals surface area contributed by atoms with Crippen molar-refractivity contribution in [3.8, 4) is 11.8 Å². The van der Waals surface area contributed by atoms with E-state index in [0.29, 0.717) is 5.78 Å². The molecular weight excluding hydrogens is 136 g/mol. The number of hydrogen-bond donors (Lipinski definition) is 0. The van der Waals surface area contributed by atoms with E-state index < -0.39 is 0 Å². The zero-order valence-electron chi connectivity index (χ0n) is 7.24. The first-order valence-electron chi connectivity index (χ1n) is 4.12. The van der Waals surface area contributed by atoms with E-state index >= 15 is 0 Å². The normalized spacial score (nSPS) is 22.2. The second kappa shape index (κ2) is 3.09. The summed E-state index contributed by atoms with van der Waals surface area (Å²) in [5, 5.41) is 0.